The van der Waals surface area contributed by atoms with E-state index in [0.29, 0.717) is 0 Å². The van der Waals surface area contributed by atoms with Gasteiger partial charge in [0.2, 0.25) is 11.4 Å². The van der Waals surface area contributed by atoms with Gasteiger partial charge in [0, 0.05) is 14.0 Å². The van der Waals surface area contributed by atoms with E-state index < -0.39 is 41.5 Å². The molecule has 0 aromatic carbocycles. The highest BCUT2D eigenvalue weighted by Crippen LogP contribution is 2.38. The van der Waals surface area contributed by atoms with Crippen molar-refractivity contribution in [2.75, 3.05) is 27.4 Å². The average molecular weight is 289 g/mol. The van der Waals surface area contributed by atoms with Crippen LogP contribution in [0.25, 0.3) is 0 Å². The van der Waals surface area contributed by atoms with E-state index in [9.17, 15) is 19.5 Å². The fourth-order valence-corrected chi connectivity index (χ4v) is 2.31. The van der Waals surface area contributed by atoms with Crippen molar-refractivity contribution in [2.24, 2.45) is 5.92 Å². The summed E-state index contributed by atoms with van der Waals surface area (Å²) in [6.45, 7) is 1.77. The first kappa shape index (κ1) is 16.4. The highest BCUT2D eigenvalue weighted by atomic mass is 16.6. The molecule has 0 bridgehead atoms. The molecule has 3 atom stereocenters. The molecule has 1 aliphatic rings. The van der Waals surface area contributed by atoms with Gasteiger partial charge in [-0.15, -0.1) is 0 Å². The monoisotopic (exact) mass is 289 g/mol. The standard InChI is InChI=1S/C12H19NO7/c1-7-9(15)13-11(10(16)19-4,5-20-8(2)14)12(7,17)6-18-3/h7,17H,5-6H2,1-4H3,(H,13,15)/t7-,11+,12-/m1/s1. The smallest absolute Gasteiger partial charge is 0.338 e. The number of hydrogen-bond donors (Lipinski definition) is 2. The molecule has 114 valence electrons. The number of ether oxygens (including phenoxy) is 3. The molecule has 1 amide bonds. The van der Waals surface area contributed by atoms with Gasteiger partial charge in [-0.3, -0.25) is 9.59 Å². The summed E-state index contributed by atoms with van der Waals surface area (Å²) in [4.78, 5) is 34.9. The summed E-state index contributed by atoms with van der Waals surface area (Å²) in [7, 11) is 2.43. The van der Waals surface area contributed by atoms with E-state index in [-0.39, 0.29) is 6.61 Å². The van der Waals surface area contributed by atoms with Crippen LogP contribution in [0.4, 0.5) is 0 Å². The lowest BCUT2D eigenvalue weighted by Crippen LogP contribution is -2.68. The molecule has 2 N–H and O–H groups in total. The van der Waals surface area contributed by atoms with Gasteiger partial charge in [-0.1, -0.05) is 6.92 Å². The fraction of sp³-hybridized carbons (Fsp3) is 0.750. The molecule has 1 saturated heterocycles. The molecule has 0 aromatic rings. The molecule has 1 aliphatic heterocycles. The van der Waals surface area contributed by atoms with Crippen LogP contribution in [0.3, 0.4) is 0 Å². The lowest BCUT2D eigenvalue weighted by atomic mass is 9.76. The Balaban J connectivity index is 3.27. The van der Waals surface area contributed by atoms with E-state index in [1.807, 2.05) is 0 Å². The van der Waals surface area contributed by atoms with Crippen molar-refractivity contribution in [1.29, 1.82) is 0 Å². The van der Waals surface area contributed by atoms with E-state index in [4.69, 9.17) is 9.47 Å². The zero-order valence-electron chi connectivity index (χ0n) is 11.9. The van der Waals surface area contributed by atoms with Gasteiger partial charge < -0.3 is 24.6 Å². The summed E-state index contributed by atoms with van der Waals surface area (Å²) in [5, 5.41) is 13.1. The summed E-state index contributed by atoms with van der Waals surface area (Å²) in [5.41, 5.74) is -3.78. The molecular weight excluding hydrogens is 270 g/mol. The van der Waals surface area contributed by atoms with Gasteiger partial charge >= 0.3 is 11.9 Å². The first-order chi connectivity index (χ1) is 9.25. The van der Waals surface area contributed by atoms with Crippen LogP contribution in [-0.2, 0) is 28.6 Å². The average Bonchev–Trinajstić information content (AvgIpc) is 2.58. The van der Waals surface area contributed by atoms with Crippen LogP contribution in [-0.4, -0.2) is 61.5 Å². The minimum atomic E-state index is -1.89. The van der Waals surface area contributed by atoms with Gasteiger partial charge in [-0.05, 0) is 0 Å². The second kappa shape index (κ2) is 5.76. The largest absolute Gasteiger partial charge is 0.467 e. The molecule has 8 heteroatoms. The van der Waals surface area contributed by atoms with Crippen molar-refractivity contribution in [3.05, 3.63) is 0 Å². The number of carbonyl (C=O) groups is 3. The van der Waals surface area contributed by atoms with Crippen LogP contribution in [0.1, 0.15) is 13.8 Å². The molecule has 0 unspecified atom stereocenters. The maximum absolute atomic E-state index is 12.1. The molecule has 0 aliphatic carbocycles. The molecule has 0 radical (unpaired) electrons. The highest BCUT2D eigenvalue weighted by molar-refractivity contribution is 5.96. The van der Waals surface area contributed by atoms with Crippen LogP contribution in [0.15, 0.2) is 0 Å². The lowest BCUT2D eigenvalue weighted by Gasteiger charge is -2.39. The number of rotatable bonds is 5. The molecule has 0 aromatic heterocycles. The van der Waals surface area contributed by atoms with Gasteiger partial charge in [0.1, 0.15) is 12.2 Å². The van der Waals surface area contributed by atoms with Crippen molar-refractivity contribution in [3.63, 3.8) is 0 Å². The third-order valence-corrected chi connectivity index (χ3v) is 3.58. The normalized spacial score (nSPS) is 32.6. The lowest BCUT2D eigenvalue weighted by molar-refractivity contribution is -0.176. The number of methoxy groups -OCH3 is 2. The molecule has 0 spiro atoms. The number of amides is 1. The molecule has 0 saturated carbocycles. The molecule has 1 rings (SSSR count). The molecule has 1 fully saturated rings. The summed E-state index contributed by atoms with van der Waals surface area (Å²) in [5.74, 6) is -3.04. The number of hydrogen-bond acceptors (Lipinski definition) is 7. The van der Waals surface area contributed by atoms with E-state index in [1.165, 1.54) is 14.0 Å². The van der Waals surface area contributed by atoms with Crippen LogP contribution in [0.5, 0.6) is 0 Å². The Kier molecular flexibility index (Phi) is 4.72. The van der Waals surface area contributed by atoms with Gasteiger partial charge in [-0.25, -0.2) is 4.79 Å². The summed E-state index contributed by atoms with van der Waals surface area (Å²) >= 11 is 0. The third-order valence-electron chi connectivity index (χ3n) is 3.58. The van der Waals surface area contributed by atoms with Gasteiger partial charge in [0.15, 0.2) is 0 Å². The predicted octanol–water partition coefficient (Wildman–Crippen LogP) is -1.40. The predicted molar refractivity (Wildman–Crippen MR) is 65.5 cm³/mol. The Morgan fingerprint density at radius 2 is 1.95 bits per heavy atom. The molecule has 20 heavy (non-hydrogen) atoms. The Labute approximate surface area is 116 Å². The fourth-order valence-electron chi connectivity index (χ4n) is 2.31. The summed E-state index contributed by atoms with van der Waals surface area (Å²) in [6, 6.07) is 0. The third kappa shape index (κ3) is 2.36. The number of carbonyl (C=O) groups excluding carboxylic acids is 3. The zero-order valence-corrected chi connectivity index (χ0v) is 11.9. The van der Waals surface area contributed by atoms with Crippen molar-refractivity contribution >= 4 is 17.8 Å². The zero-order chi connectivity index (χ0) is 15.6. The molecule has 8 nitrogen and oxygen atoms in total. The topological polar surface area (TPSA) is 111 Å². The van der Waals surface area contributed by atoms with Gasteiger partial charge in [-0.2, -0.15) is 0 Å². The van der Waals surface area contributed by atoms with Crippen LogP contribution in [0.2, 0.25) is 0 Å². The first-order valence-electron chi connectivity index (χ1n) is 6.00. The maximum atomic E-state index is 12.1. The van der Waals surface area contributed by atoms with E-state index in [1.54, 1.807) is 0 Å². The SMILES string of the molecule is COC[C@@]1(O)[C@H](C)C(=O)N[C@@]1(COC(C)=O)C(=O)OC. The van der Waals surface area contributed by atoms with E-state index in [0.717, 1.165) is 14.0 Å². The first-order valence-corrected chi connectivity index (χ1v) is 6.00. The van der Waals surface area contributed by atoms with Crippen molar-refractivity contribution in [3.8, 4) is 0 Å². The number of nitrogens with one attached hydrogen (secondary N) is 1. The van der Waals surface area contributed by atoms with Crippen LogP contribution in [0, 0.1) is 5.92 Å². The van der Waals surface area contributed by atoms with Gasteiger partial charge in [0.25, 0.3) is 0 Å². The number of esters is 2. The summed E-state index contributed by atoms with van der Waals surface area (Å²) < 4.78 is 14.4. The highest BCUT2D eigenvalue weighted by Gasteiger charge is 2.68. The Bertz CT molecular complexity index is 424. The van der Waals surface area contributed by atoms with Crippen LogP contribution < -0.4 is 5.32 Å². The van der Waals surface area contributed by atoms with E-state index in [2.05, 4.69) is 10.1 Å². The van der Waals surface area contributed by atoms with Gasteiger partial charge in [0.05, 0.1) is 19.6 Å². The number of aliphatic hydroxyl groups is 1. The Morgan fingerprint density at radius 1 is 1.35 bits per heavy atom. The second-order valence-electron chi connectivity index (χ2n) is 4.75. The second-order valence-corrected chi connectivity index (χ2v) is 4.75. The molecular formula is C12H19NO7. The minimum Gasteiger partial charge on any atom is -0.467 e. The molecule has 1 heterocycles. The van der Waals surface area contributed by atoms with Crippen molar-refractivity contribution < 1.29 is 33.7 Å². The Morgan fingerprint density at radius 3 is 2.40 bits per heavy atom. The summed E-state index contributed by atoms with van der Waals surface area (Å²) in [6.07, 6.45) is 0. The Hall–Kier alpha value is -1.67. The van der Waals surface area contributed by atoms with Crippen LogP contribution >= 0.6 is 0 Å². The van der Waals surface area contributed by atoms with E-state index >= 15 is 0 Å². The maximum Gasteiger partial charge on any atom is 0.338 e. The minimum absolute atomic E-state index is 0.302. The van der Waals surface area contributed by atoms with Crippen molar-refractivity contribution in [2.45, 2.75) is 25.0 Å². The van der Waals surface area contributed by atoms with Crippen molar-refractivity contribution in [1.82, 2.24) is 5.32 Å². The quantitative estimate of drug-likeness (QED) is 0.599.